The second-order valence-corrected chi connectivity index (χ2v) is 4.17. The number of fused-ring (bicyclic) bond motifs is 1. The highest BCUT2D eigenvalue weighted by Crippen LogP contribution is 2.34. The first-order chi connectivity index (χ1) is 8.16. The number of carbonyl (C=O) groups is 1. The fourth-order valence-corrected chi connectivity index (χ4v) is 1.87. The molecule has 1 saturated carbocycles. The summed E-state index contributed by atoms with van der Waals surface area (Å²) in [5.41, 5.74) is 5.68. The van der Waals surface area contributed by atoms with E-state index in [4.69, 9.17) is 10.8 Å². The third-order valence-corrected chi connectivity index (χ3v) is 3.12. The van der Waals surface area contributed by atoms with Crippen LogP contribution in [0.15, 0.2) is 6.20 Å². The molecule has 0 radical (unpaired) electrons. The average molecular weight is 233 g/mol. The minimum absolute atomic E-state index is 0.0532. The number of aromatic nitrogens is 4. The zero-order chi connectivity index (χ0) is 12.0. The SMILES string of the molecule is Nc1c(C(=O)O)cnc2nc(C3CCC3)nn12. The van der Waals surface area contributed by atoms with Crippen LogP contribution in [0.2, 0.25) is 0 Å². The van der Waals surface area contributed by atoms with Gasteiger partial charge in [-0.2, -0.15) is 9.50 Å². The van der Waals surface area contributed by atoms with E-state index in [9.17, 15) is 4.79 Å². The molecule has 0 unspecified atom stereocenters. The summed E-state index contributed by atoms with van der Waals surface area (Å²) in [4.78, 5) is 19.1. The Hall–Kier alpha value is -2.18. The van der Waals surface area contributed by atoms with Gasteiger partial charge in [-0.05, 0) is 12.8 Å². The van der Waals surface area contributed by atoms with Crippen molar-refractivity contribution < 1.29 is 9.90 Å². The maximum atomic E-state index is 10.9. The summed E-state index contributed by atoms with van der Waals surface area (Å²) in [5.74, 6) is 0.384. The Morgan fingerprint density at radius 1 is 1.53 bits per heavy atom. The standard InChI is InChI=1S/C10H11N5O2/c11-7-6(9(16)17)4-12-10-13-8(14-15(7)10)5-2-1-3-5/h4-5H,1-3,11H2,(H,16,17). The van der Waals surface area contributed by atoms with Gasteiger partial charge in [-0.3, -0.25) is 0 Å². The van der Waals surface area contributed by atoms with Gasteiger partial charge in [-0.25, -0.2) is 9.78 Å². The van der Waals surface area contributed by atoms with Gasteiger partial charge < -0.3 is 10.8 Å². The fraction of sp³-hybridized carbons (Fsp3) is 0.400. The number of aromatic carboxylic acids is 1. The summed E-state index contributed by atoms with van der Waals surface area (Å²) in [6, 6.07) is 0. The predicted molar refractivity (Wildman–Crippen MR) is 58.7 cm³/mol. The first kappa shape index (κ1) is 10.0. The van der Waals surface area contributed by atoms with Gasteiger partial charge >= 0.3 is 5.97 Å². The number of anilines is 1. The topological polar surface area (TPSA) is 106 Å². The summed E-state index contributed by atoms with van der Waals surface area (Å²) in [5, 5.41) is 13.1. The van der Waals surface area contributed by atoms with Gasteiger partial charge in [-0.15, -0.1) is 5.10 Å². The maximum absolute atomic E-state index is 10.9. The number of nitrogen functional groups attached to an aromatic ring is 1. The van der Waals surface area contributed by atoms with Crippen LogP contribution in [-0.4, -0.2) is 30.7 Å². The zero-order valence-electron chi connectivity index (χ0n) is 9.00. The highest BCUT2D eigenvalue weighted by Gasteiger charge is 2.25. The van der Waals surface area contributed by atoms with E-state index in [2.05, 4.69) is 15.1 Å². The number of nitrogens with two attached hydrogens (primary N) is 1. The largest absolute Gasteiger partial charge is 0.477 e. The Morgan fingerprint density at radius 3 is 2.88 bits per heavy atom. The number of hydrogen-bond donors (Lipinski definition) is 2. The number of hydrogen-bond acceptors (Lipinski definition) is 5. The summed E-state index contributed by atoms with van der Waals surface area (Å²) in [6.45, 7) is 0. The molecule has 7 nitrogen and oxygen atoms in total. The van der Waals surface area contributed by atoms with Crippen molar-refractivity contribution in [2.75, 3.05) is 5.73 Å². The Bertz CT molecular complexity index is 602. The lowest BCUT2D eigenvalue weighted by molar-refractivity contribution is 0.0697. The van der Waals surface area contributed by atoms with E-state index in [0.717, 1.165) is 12.8 Å². The van der Waals surface area contributed by atoms with Crippen LogP contribution in [0, 0.1) is 0 Å². The second kappa shape index (κ2) is 3.41. The molecule has 3 rings (SSSR count). The average Bonchev–Trinajstić information content (AvgIpc) is 2.59. The van der Waals surface area contributed by atoms with Gasteiger partial charge in [0.2, 0.25) is 0 Å². The zero-order valence-corrected chi connectivity index (χ0v) is 9.00. The fourth-order valence-electron chi connectivity index (χ4n) is 1.87. The van der Waals surface area contributed by atoms with Crippen LogP contribution < -0.4 is 5.73 Å². The van der Waals surface area contributed by atoms with Crippen LogP contribution in [0.5, 0.6) is 0 Å². The van der Waals surface area contributed by atoms with E-state index >= 15 is 0 Å². The van der Waals surface area contributed by atoms with E-state index in [1.807, 2.05) is 0 Å². The van der Waals surface area contributed by atoms with Crippen molar-refractivity contribution in [3.05, 3.63) is 17.6 Å². The number of carboxylic acid groups (broad SMARTS) is 1. The van der Waals surface area contributed by atoms with Gasteiger partial charge in [0.15, 0.2) is 5.82 Å². The van der Waals surface area contributed by atoms with Crippen molar-refractivity contribution in [3.8, 4) is 0 Å². The van der Waals surface area contributed by atoms with Crippen molar-refractivity contribution in [3.63, 3.8) is 0 Å². The molecular weight excluding hydrogens is 222 g/mol. The minimum atomic E-state index is -1.11. The molecule has 88 valence electrons. The van der Waals surface area contributed by atoms with E-state index in [1.165, 1.54) is 17.1 Å². The lowest BCUT2D eigenvalue weighted by Crippen LogP contribution is -2.11. The molecule has 1 fully saturated rings. The molecule has 0 atom stereocenters. The molecule has 0 saturated heterocycles. The first-order valence-electron chi connectivity index (χ1n) is 5.41. The molecule has 2 aromatic heterocycles. The lowest BCUT2D eigenvalue weighted by atomic mass is 9.85. The van der Waals surface area contributed by atoms with Crippen molar-refractivity contribution in [2.45, 2.75) is 25.2 Å². The van der Waals surface area contributed by atoms with E-state index in [0.29, 0.717) is 17.5 Å². The van der Waals surface area contributed by atoms with Crippen molar-refractivity contribution in [1.29, 1.82) is 0 Å². The monoisotopic (exact) mass is 233 g/mol. The van der Waals surface area contributed by atoms with Gasteiger partial charge in [0.25, 0.3) is 5.78 Å². The Balaban J connectivity index is 2.15. The quantitative estimate of drug-likeness (QED) is 0.789. The summed E-state index contributed by atoms with van der Waals surface area (Å²) in [6.07, 6.45) is 4.54. The molecule has 0 aromatic carbocycles. The second-order valence-electron chi connectivity index (χ2n) is 4.17. The van der Waals surface area contributed by atoms with Crippen molar-refractivity contribution >= 4 is 17.6 Å². The smallest absolute Gasteiger partial charge is 0.341 e. The molecule has 0 bridgehead atoms. The molecule has 0 spiro atoms. The van der Waals surface area contributed by atoms with Gasteiger partial charge in [0.1, 0.15) is 11.4 Å². The third kappa shape index (κ3) is 1.42. The molecule has 2 aromatic rings. The molecule has 0 amide bonds. The molecule has 1 aliphatic carbocycles. The summed E-state index contributed by atoms with van der Waals surface area (Å²) in [7, 11) is 0. The Labute approximate surface area is 96.3 Å². The lowest BCUT2D eigenvalue weighted by Gasteiger charge is -2.21. The molecular formula is C10H11N5O2. The number of nitrogens with zero attached hydrogens (tertiary/aromatic N) is 4. The Kier molecular flexibility index (Phi) is 2.01. The highest BCUT2D eigenvalue weighted by atomic mass is 16.4. The van der Waals surface area contributed by atoms with Crippen LogP contribution in [0.3, 0.4) is 0 Å². The van der Waals surface area contributed by atoms with Crippen LogP contribution in [-0.2, 0) is 0 Å². The normalized spacial score (nSPS) is 16.0. The number of carboxylic acids is 1. The van der Waals surface area contributed by atoms with Crippen LogP contribution in [0.4, 0.5) is 5.82 Å². The molecule has 3 N–H and O–H groups in total. The summed E-state index contributed by atoms with van der Waals surface area (Å²) >= 11 is 0. The van der Waals surface area contributed by atoms with Gasteiger partial charge in [-0.1, -0.05) is 6.42 Å². The molecule has 7 heteroatoms. The number of rotatable bonds is 2. The van der Waals surface area contributed by atoms with Gasteiger partial charge in [0, 0.05) is 12.1 Å². The van der Waals surface area contributed by atoms with Crippen LogP contribution in [0.25, 0.3) is 5.78 Å². The molecule has 1 aliphatic rings. The van der Waals surface area contributed by atoms with Crippen LogP contribution in [0.1, 0.15) is 41.4 Å². The molecule has 0 aliphatic heterocycles. The van der Waals surface area contributed by atoms with Crippen molar-refractivity contribution in [1.82, 2.24) is 19.6 Å². The molecule has 2 heterocycles. The summed E-state index contributed by atoms with van der Waals surface area (Å²) < 4.78 is 1.30. The third-order valence-electron chi connectivity index (χ3n) is 3.12. The van der Waals surface area contributed by atoms with Crippen LogP contribution >= 0.6 is 0 Å². The van der Waals surface area contributed by atoms with E-state index in [1.54, 1.807) is 0 Å². The first-order valence-corrected chi connectivity index (χ1v) is 5.41. The minimum Gasteiger partial charge on any atom is -0.477 e. The van der Waals surface area contributed by atoms with Crippen molar-refractivity contribution in [2.24, 2.45) is 0 Å². The highest BCUT2D eigenvalue weighted by molar-refractivity contribution is 5.92. The van der Waals surface area contributed by atoms with Gasteiger partial charge in [0.05, 0.1) is 0 Å². The van der Waals surface area contributed by atoms with E-state index < -0.39 is 5.97 Å². The predicted octanol–water partition coefficient (Wildman–Crippen LogP) is 0.672. The Morgan fingerprint density at radius 2 is 2.29 bits per heavy atom. The van der Waals surface area contributed by atoms with E-state index in [-0.39, 0.29) is 11.4 Å². The molecule has 17 heavy (non-hydrogen) atoms. The maximum Gasteiger partial charge on any atom is 0.341 e.